The largest absolute Gasteiger partial charge is 0.396 e. The highest BCUT2D eigenvalue weighted by Crippen LogP contribution is 2.17. The summed E-state index contributed by atoms with van der Waals surface area (Å²) in [6.07, 6.45) is 3.36. The molecule has 1 saturated heterocycles. The second-order valence-corrected chi connectivity index (χ2v) is 5.35. The average molecular weight is 263 g/mol. The summed E-state index contributed by atoms with van der Waals surface area (Å²) >= 11 is 0. The molecule has 1 aliphatic rings. The molecule has 1 fully saturated rings. The fourth-order valence-corrected chi connectivity index (χ4v) is 2.58. The van der Waals surface area contributed by atoms with E-state index in [2.05, 4.69) is 36.1 Å². The molecule has 1 heterocycles. The van der Waals surface area contributed by atoms with Crippen LogP contribution in [0.5, 0.6) is 0 Å². The van der Waals surface area contributed by atoms with Crippen molar-refractivity contribution in [1.29, 1.82) is 0 Å². The van der Waals surface area contributed by atoms with Crippen molar-refractivity contribution < 1.29 is 9.84 Å². The summed E-state index contributed by atoms with van der Waals surface area (Å²) in [6, 6.07) is 8.62. The van der Waals surface area contributed by atoms with Gasteiger partial charge in [-0.1, -0.05) is 24.3 Å². The lowest BCUT2D eigenvalue weighted by molar-refractivity contribution is 0.000760. The molecule has 1 aromatic rings. The lowest BCUT2D eigenvalue weighted by atomic mass is 10.0. The number of piperidine rings is 1. The molecule has 0 atom stereocenters. The van der Waals surface area contributed by atoms with Crippen molar-refractivity contribution in [3.05, 3.63) is 35.4 Å². The Morgan fingerprint density at radius 1 is 1.26 bits per heavy atom. The Hall–Kier alpha value is -0.900. The van der Waals surface area contributed by atoms with Crippen molar-refractivity contribution in [3.63, 3.8) is 0 Å². The number of aliphatic hydroxyl groups excluding tert-OH is 1. The molecule has 1 N–H and O–H groups in total. The van der Waals surface area contributed by atoms with Crippen LogP contribution in [0.1, 0.15) is 30.4 Å². The number of hydrogen-bond donors (Lipinski definition) is 1. The summed E-state index contributed by atoms with van der Waals surface area (Å²) in [4.78, 5) is 2.51. The number of benzene rings is 1. The van der Waals surface area contributed by atoms with Crippen LogP contribution in [-0.2, 0) is 11.3 Å². The van der Waals surface area contributed by atoms with Gasteiger partial charge in [-0.3, -0.25) is 4.90 Å². The van der Waals surface area contributed by atoms with E-state index in [9.17, 15) is 0 Å². The Kier molecular flexibility index (Phi) is 5.83. The predicted octanol–water partition coefficient (Wildman–Crippen LogP) is 2.36. The lowest BCUT2D eigenvalue weighted by Gasteiger charge is -2.32. The van der Waals surface area contributed by atoms with Crippen LogP contribution in [0.25, 0.3) is 0 Å². The fraction of sp³-hybridized carbons (Fsp3) is 0.625. The maximum absolute atomic E-state index is 8.74. The standard InChI is InChI=1S/C16H25NO2/c1-14-5-2-3-6-15(14)13-17-9-7-16(8-10-17)19-12-4-11-18/h2-3,5-6,16,18H,4,7-13H2,1H3. The summed E-state index contributed by atoms with van der Waals surface area (Å²) < 4.78 is 5.76. The summed E-state index contributed by atoms with van der Waals surface area (Å²) in [7, 11) is 0. The van der Waals surface area contributed by atoms with Gasteiger partial charge in [-0.2, -0.15) is 0 Å². The topological polar surface area (TPSA) is 32.7 Å². The van der Waals surface area contributed by atoms with E-state index < -0.39 is 0 Å². The van der Waals surface area contributed by atoms with Gasteiger partial charge in [0.1, 0.15) is 0 Å². The monoisotopic (exact) mass is 263 g/mol. The van der Waals surface area contributed by atoms with Crippen molar-refractivity contribution in [2.24, 2.45) is 0 Å². The van der Waals surface area contributed by atoms with E-state index in [1.165, 1.54) is 11.1 Å². The molecular formula is C16H25NO2. The molecule has 1 aliphatic heterocycles. The van der Waals surface area contributed by atoms with Crippen LogP contribution in [-0.4, -0.2) is 42.4 Å². The number of rotatable bonds is 6. The number of ether oxygens (including phenoxy) is 1. The zero-order valence-corrected chi connectivity index (χ0v) is 11.8. The van der Waals surface area contributed by atoms with Crippen molar-refractivity contribution >= 4 is 0 Å². The molecule has 19 heavy (non-hydrogen) atoms. The average Bonchev–Trinajstić information content (AvgIpc) is 2.44. The van der Waals surface area contributed by atoms with Gasteiger partial charge in [-0.05, 0) is 37.3 Å². The first kappa shape index (κ1) is 14.5. The Labute approximate surface area is 116 Å². The van der Waals surface area contributed by atoms with Crippen molar-refractivity contribution in [2.45, 2.75) is 38.8 Å². The number of aryl methyl sites for hydroxylation is 1. The third-order valence-electron chi connectivity index (χ3n) is 3.85. The minimum atomic E-state index is 0.228. The van der Waals surface area contributed by atoms with E-state index in [4.69, 9.17) is 9.84 Å². The van der Waals surface area contributed by atoms with Crippen LogP contribution in [0.3, 0.4) is 0 Å². The maximum atomic E-state index is 8.74. The van der Waals surface area contributed by atoms with Gasteiger partial charge in [0, 0.05) is 32.8 Å². The molecule has 0 spiro atoms. The first-order valence-electron chi connectivity index (χ1n) is 7.29. The number of aliphatic hydroxyl groups is 1. The van der Waals surface area contributed by atoms with E-state index in [1.807, 2.05) is 0 Å². The quantitative estimate of drug-likeness (QED) is 0.800. The summed E-state index contributed by atoms with van der Waals surface area (Å²) in [5.41, 5.74) is 2.81. The van der Waals surface area contributed by atoms with E-state index in [0.29, 0.717) is 12.7 Å². The van der Waals surface area contributed by atoms with Gasteiger partial charge in [0.15, 0.2) is 0 Å². The highest BCUT2D eigenvalue weighted by atomic mass is 16.5. The number of likely N-dealkylation sites (tertiary alicyclic amines) is 1. The fourth-order valence-electron chi connectivity index (χ4n) is 2.58. The second-order valence-electron chi connectivity index (χ2n) is 5.35. The minimum Gasteiger partial charge on any atom is -0.396 e. The first-order chi connectivity index (χ1) is 9.29. The molecule has 1 aromatic carbocycles. The zero-order chi connectivity index (χ0) is 13.5. The molecule has 0 aromatic heterocycles. The van der Waals surface area contributed by atoms with Gasteiger partial charge < -0.3 is 9.84 Å². The molecule has 0 aliphatic carbocycles. The normalized spacial score (nSPS) is 17.8. The van der Waals surface area contributed by atoms with Gasteiger partial charge in [0.25, 0.3) is 0 Å². The van der Waals surface area contributed by atoms with Crippen LogP contribution < -0.4 is 0 Å². The molecule has 0 saturated carbocycles. The molecular weight excluding hydrogens is 238 g/mol. The van der Waals surface area contributed by atoms with E-state index >= 15 is 0 Å². The lowest BCUT2D eigenvalue weighted by Crippen LogP contribution is -2.36. The van der Waals surface area contributed by atoms with Crippen LogP contribution in [0.15, 0.2) is 24.3 Å². The predicted molar refractivity (Wildman–Crippen MR) is 77.1 cm³/mol. The van der Waals surface area contributed by atoms with Gasteiger partial charge >= 0.3 is 0 Å². The Bertz CT molecular complexity index is 373. The van der Waals surface area contributed by atoms with Gasteiger partial charge in [-0.15, -0.1) is 0 Å². The summed E-state index contributed by atoms with van der Waals surface area (Å²) in [5, 5.41) is 8.74. The Morgan fingerprint density at radius 3 is 2.68 bits per heavy atom. The van der Waals surface area contributed by atoms with E-state index in [-0.39, 0.29) is 6.61 Å². The summed E-state index contributed by atoms with van der Waals surface area (Å²) in [6.45, 7) is 6.37. The minimum absolute atomic E-state index is 0.228. The molecule has 0 amide bonds. The Morgan fingerprint density at radius 2 is 2.00 bits per heavy atom. The first-order valence-corrected chi connectivity index (χ1v) is 7.29. The van der Waals surface area contributed by atoms with Gasteiger partial charge in [0.05, 0.1) is 6.10 Å². The van der Waals surface area contributed by atoms with E-state index in [1.54, 1.807) is 0 Å². The number of nitrogens with zero attached hydrogens (tertiary/aromatic N) is 1. The third kappa shape index (κ3) is 4.60. The van der Waals surface area contributed by atoms with Gasteiger partial charge in [0.2, 0.25) is 0 Å². The van der Waals surface area contributed by atoms with Gasteiger partial charge in [-0.25, -0.2) is 0 Å². The highest BCUT2D eigenvalue weighted by Gasteiger charge is 2.19. The highest BCUT2D eigenvalue weighted by molar-refractivity contribution is 5.25. The zero-order valence-electron chi connectivity index (χ0n) is 11.8. The molecule has 2 rings (SSSR count). The van der Waals surface area contributed by atoms with Crippen LogP contribution in [0, 0.1) is 6.92 Å². The Balaban J connectivity index is 1.73. The third-order valence-corrected chi connectivity index (χ3v) is 3.85. The number of hydrogen-bond acceptors (Lipinski definition) is 3. The van der Waals surface area contributed by atoms with Crippen molar-refractivity contribution in [2.75, 3.05) is 26.3 Å². The summed E-state index contributed by atoms with van der Waals surface area (Å²) in [5.74, 6) is 0. The molecule has 0 bridgehead atoms. The smallest absolute Gasteiger partial charge is 0.0599 e. The van der Waals surface area contributed by atoms with Crippen LogP contribution in [0.2, 0.25) is 0 Å². The second kappa shape index (κ2) is 7.63. The van der Waals surface area contributed by atoms with Crippen molar-refractivity contribution in [3.8, 4) is 0 Å². The van der Waals surface area contributed by atoms with Crippen molar-refractivity contribution in [1.82, 2.24) is 4.90 Å². The molecule has 3 heteroatoms. The molecule has 0 radical (unpaired) electrons. The van der Waals surface area contributed by atoms with Crippen LogP contribution in [0.4, 0.5) is 0 Å². The molecule has 106 valence electrons. The van der Waals surface area contributed by atoms with E-state index in [0.717, 1.165) is 38.9 Å². The maximum Gasteiger partial charge on any atom is 0.0599 e. The van der Waals surface area contributed by atoms with Crippen LogP contribution >= 0.6 is 0 Å². The molecule has 3 nitrogen and oxygen atoms in total. The molecule has 0 unspecified atom stereocenters. The SMILES string of the molecule is Cc1ccccc1CN1CCC(OCCCO)CC1.